The maximum atomic E-state index is 12.3. The van der Waals surface area contributed by atoms with Crippen molar-refractivity contribution in [2.45, 2.75) is 24.3 Å². The first kappa shape index (κ1) is 14.0. The molecule has 1 aliphatic heterocycles. The van der Waals surface area contributed by atoms with E-state index in [1.165, 1.54) is 11.0 Å². The summed E-state index contributed by atoms with van der Waals surface area (Å²) in [5, 5.41) is 7.28. The van der Waals surface area contributed by atoms with Crippen LogP contribution in [0.3, 0.4) is 0 Å². The van der Waals surface area contributed by atoms with Crippen molar-refractivity contribution in [3.05, 3.63) is 35.9 Å². The highest BCUT2D eigenvalue weighted by Gasteiger charge is 2.18. The molecule has 1 aromatic carbocycles. The standard InChI is InChI=1S/C13H17N5O2S/c1-18-9-15-13(17-18)8-16-21(19,20)11-5-4-10-3-2-6-14-12(10)7-11/h4-5,7,9,14,16H,2-3,6,8H2,1H3. The number of hydrogen-bond acceptors (Lipinski definition) is 5. The van der Waals surface area contributed by atoms with Crippen LogP contribution in [0.1, 0.15) is 17.8 Å². The molecule has 0 saturated heterocycles. The summed E-state index contributed by atoms with van der Waals surface area (Å²) in [6.07, 6.45) is 3.59. The van der Waals surface area contributed by atoms with Crippen molar-refractivity contribution < 1.29 is 8.42 Å². The van der Waals surface area contributed by atoms with Crippen LogP contribution in [0.5, 0.6) is 0 Å². The monoisotopic (exact) mass is 307 g/mol. The Morgan fingerprint density at radius 3 is 3.05 bits per heavy atom. The number of nitrogens with zero attached hydrogens (tertiary/aromatic N) is 3. The Bertz CT molecular complexity index is 754. The number of fused-ring (bicyclic) bond motifs is 1. The fourth-order valence-electron chi connectivity index (χ4n) is 2.31. The lowest BCUT2D eigenvalue weighted by Crippen LogP contribution is -2.24. The molecule has 0 amide bonds. The van der Waals surface area contributed by atoms with Gasteiger partial charge in [0.15, 0.2) is 5.82 Å². The van der Waals surface area contributed by atoms with Gasteiger partial charge in [-0.2, -0.15) is 5.10 Å². The molecular weight excluding hydrogens is 290 g/mol. The normalized spacial score (nSPS) is 14.5. The molecule has 0 aliphatic carbocycles. The van der Waals surface area contributed by atoms with Crippen molar-refractivity contribution in [1.82, 2.24) is 19.5 Å². The number of benzene rings is 1. The number of aromatic nitrogens is 3. The van der Waals surface area contributed by atoms with Crippen molar-refractivity contribution in [3.8, 4) is 0 Å². The number of rotatable bonds is 4. The van der Waals surface area contributed by atoms with Crippen LogP contribution in [0.2, 0.25) is 0 Å². The SMILES string of the molecule is Cn1cnc(CNS(=O)(=O)c2ccc3c(c2)NCCC3)n1. The summed E-state index contributed by atoms with van der Waals surface area (Å²) in [4.78, 5) is 4.25. The largest absolute Gasteiger partial charge is 0.385 e. The van der Waals surface area contributed by atoms with Gasteiger partial charge in [-0.15, -0.1) is 0 Å². The molecule has 3 rings (SSSR count). The zero-order valence-corrected chi connectivity index (χ0v) is 12.5. The smallest absolute Gasteiger partial charge is 0.241 e. The van der Waals surface area contributed by atoms with E-state index in [0.717, 1.165) is 30.6 Å². The molecule has 0 fully saturated rings. The second kappa shape index (κ2) is 5.45. The topological polar surface area (TPSA) is 88.9 Å². The number of sulfonamides is 1. The van der Waals surface area contributed by atoms with E-state index in [-0.39, 0.29) is 11.4 Å². The molecule has 8 heteroatoms. The number of hydrogen-bond donors (Lipinski definition) is 2. The minimum atomic E-state index is -3.56. The average molecular weight is 307 g/mol. The summed E-state index contributed by atoms with van der Waals surface area (Å²) in [5.74, 6) is 0.442. The first-order valence-corrected chi connectivity index (χ1v) is 8.24. The maximum absolute atomic E-state index is 12.3. The van der Waals surface area contributed by atoms with Crippen LogP contribution in [-0.2, 0) is 30.0 Å². The highest BCUT2D eigenvalue weighted by molar-refractivity contribution is 7.89. The Kier molecular flexibility index (Phi) is 3.64. The third-order valence-corrected chi connectivity index (χ3v) is 4.80. The molecule has 0 radical (unpaired) electrons. The molecular formula is C13H17N5O2S. The summed E-state index contributed by atoms with van der Waals surface area (Å²) in [6.45, 7) is 0.954. The van der Waals surface area contributed by atoms with E-state index >= 15 is 0 Å². The lowest BCUT2D eigenvalue weighted by molar-refractivity contribution is 0.578. The van der Waals surface area contributed by atoms with Crippen LogP contribution in [0.4, 0.5) is 5.69 Å². The minimum Gasteiger partial charge on any atom is -0.385 e. The van der Waals surface area contributed by atoms with Crippen LogP contribution in [-0.4, -0.2) is 29.7 Å². The van der Waals surface area contributed by atoms with Crippen molar-refractivity contribution in [2.75, 3.05) is 11.9 Å². The first-order chi connectivity index (χ1) is 10.0. The Labute approximate surface area is 123 Å². The van der Waals surface area contributed by atoms with Crippen LogP contribution >= 0.6 is 0 Å². The van der Waals surface area contributed by atoms with Gasteiger partial charge in [-0.1, -0.05) is 6.07 Å². The van der Waals surface area contributed by atoms with Crippen molar-refractivity contribution in [1.29, 1.82) is 0 Å². The molecule has 2 aromatic rings. The Morgan fingerprint density at radius 2 is 2.29 bits per heavy atom. The molecule has 2 heterocycles. The molecule has 1 aliphatic rings. The quantitative estimate of drug-likeness (QED) is 0.866. The Balaban J connectivity index is 1.78. The molecule has 1 aromatic heterocycles. The van der Waals surface area contributed by atoms with Crippen LogP contribution in [0.15, 0.2) is 29.4 Å². The van der Waals surface area contributed by atoms with Gasteiger partial charge in [0.2, 0.25) is 10.0 Å². The first-order valence-electron chi connectivity index (χ1n) is 6.75. The van der Waals surface area contributed by atoms with Crippen molar-refractivity contribution in [2.24, 2.45) is 7.05 Å². The van der Waals surface area contributed by atoms with Crippen LogP contribution in [0.25, 0.3) is 0 Å². The maximum Gasteiger partial charge on any atom is 0.241 e. The van der Waals surface area contributed by atoms with E-state index in [2.05, 4.69) is 20.1 Å². The summed E-state index contributed by atoms with van der Waals surface area (Å²) in [6, 6.07) is 5.19. The molecule has 7 nitrogen and oxygen atoms in total. The van der Waals surface area contributed by atoms with Crippen LogP contribution < -0.4 is 10.0 Å². The average Bonchev–Trinajstić information content (AvgIpc) is 2.90. The van der Waals surface area contributed by atoms with Gasteiger partial charge >= 0.3 is 0 Å². The van der Waals surface area contributed by atoms with Gasteiger partial charge in [-0.25, -0.2) is 18.1 Å². The highest BCUT2D eigenvalue weighted by Crippen LogP contribution is 2.25. The second-order valence-corrected chi connectivity index (χ2v) is 6.78. The molecule has 0 bridgehead atoms. The molecule has 0 spiro atoms. The Hall–Kier alpha value is -1.93. The van der Waals surface area contributed by atoms with Crippen LogP contribution in [0, 0.1) is 0 Å². The van der Waals surface area contributed by atoms with Gasteiger partial charge in [0.05, 0.1) is 11.4 Å². The van der Waals surface area contributed by atoms with E-state index in [1.54, 1.807) is 19.2 Å². The van der Waals surface area contributed by atoms with E-state index in [9.17, 15) is 8.42 Å². The highest BCUT2D eigenvalue weighted by atomic mass is 32.2. The minimum absolute atomic E-state index is 0.0771. The zero-order chi connectivity index (χ0) is 14.9. The van der Waals surface area contributed by atoms with Crippen molar-refractivity contribution in [3.63, 3.8) is 0 Å². The molecule has 2 N–H and O–H groups in total. The zero-order valence-electron chi connectivity index (χ0n) is 11.7. The second-order valence-electron chi connectivity index (χ2n) is 5.01. The summed E-state index contributed by atoms with van der Waals surface area (Å²) in [5.41, 5.74) is 2.06. The molecule has 112 valence electrons. The Morgan fingerprint density at radius 1 is 1.43 bits per heavy atom. The van der Waals surface area contributed by atoms with E-state index in [1.807, 2.05) is 6.07 Å². The van der Waals surface area contributed by atoms with E-state index in [0.29, 0.717) is 5.82 Å². The van der Waals surface area contributed by atoms with Gasteiger partial charge in [0, 0.05) is 19.3 Å². The lowest BCUT2D eigenvalue weighted by atomic mass is 10.0. The fraction of sp³-hybridized carbons (Fsp3) is 0.385. The predicted molar refractivity (Wildman–Crippen MR) is 78.3 cm³/mol. The van der Waals surface area contributed by atoms with Gasteiger partial charge < -0.3 is 5.32 Å². The summed E-state index contributed by atoms with van der Waals surface area (Å²) >= 11 is 0. The van der Waals surface area contributed by atoms with Gasteiger partial charge in [-0.05, 0) is 30.5 Å². The van der Waals surface area contributed by atoms with Gasteiger partial charge in [0.1, 0.15) is 6.33 Å². The summed E-state index contributed by atoms with van der Waals surface area (Å²) < 4.78 is 28.6. The molecule has 0 unspecified atom stereocenters. The number of nitrogens with one attached hydrogen (secondary N) is 2. The molecule has 21 heavy (non-hydrogen) atoms. The van der Waals surface area contributed by atoms with Gasteiger partial charge in [0.25, 0.3) is 0 Å². The number of aryl methyl sites for hydroxylation is 2. The molecule has 0 saturated carbocycles. The third-order valence-electron chi connectivity index (χ3n) is 3.40. The van der Waals surface area contributed by atoms with Gasteiger partial charge in [-0.3, -0.25) is 4.68 Å². The predicted octanol–water partition coefficient (Wildman–Crippen LogP) is 0.652. The van der Waals surface area contributed by atoms with E-state index in [4.69, 9.17) is 0 Å². The third kappa shape index (κ3) is 3.06. The fourth-order valence-corrected chi connectivity index (χ4v) is 3.32. The summed E-state index contributed by atoms with van der Waals surface area (Å²) in [7, 11) is -1.83. The molecule has 0 atom stereocenters. The van der Waals surface area contributed by atoms with Crippen molar-refractivity contribution >= 4 is 15.7 Å². The van der Waals surface area contributed by atoms with E-state index < -0.39 is 10.0 Å². The lowest BCUT2D eigenvalue weighted by Gasteiger charge is -2.18. The number of anilines is 1.